The second-order valence-electron chi connectivity index (χ2n) is 0. The molecule has 0 bridgehead atoms. The summed E-state index contributed by atoms with van der Waals surface area (Å²) in [7, 11) is 0. The number of hydrogen-bond acceptors (Lipinski definition) is 1. The zero-order chi connectivity index (χ0) is 2.00. The van der Waals surface area contributed by atoms with Crippen molar-refractivity contribution in [3.05, 3.63) is 0 Å². The van der Waals surface area contributed by atoms with Gasteiger partial charge in [-0.1, -0.05) is 0 Å². The summed E-state index contributed by atoms with van der Waals surface area (Å²) in [5.74, 6) is 0. The van der Waals surface area contributed by atoms with Crippen LogP contribution in [-0.2, 0) is 42.3 Å². The van der Waals surface area contributed by atoms with Crippen LogP contribution in [0.5, 0.6) is 0 Å². The zero-order valence-electron chi connectivity index (χ0n) is 1.50. The van der Waals surface area contributed by atoms with Crippen LogP contribution in [0.4, 0.5) is 0 Å². The first kappa shape index (κ1) is 21.4. The second-order valence-corrected chi connectivity index (χ2v) is 0. The van der Waals surface area contributed by atoms with Gasteiger partial charge in [0.05, 0.1) is 0 Å². The fourth-order valence-corrected chi connectivity index (χ4v) is 0. The van der Waals surface area contributed by atoms with E-state index in [1.807, 2.05) is 0 Å². The molecular formula is CuMnO2. The predicted octanol–water partition coefficient (Wildman–Crippen LogP) is -0.243. The van der Waals surface area contributed by atoms with Crippen molar-refractivity contribution in [2.24, 2.45) is 0 Å². The standard InChI is InChI=1S/Cu.Mn.2O/q;+2;;-2. The Labute approximate surface area is 42.8 Å². The molecule has 30 valence electrons. The zero-order valence-corrected chi connectivity index (χ0v) is 3.62. The second kappa shape index (κ2) is 46.6. The van der Waals surface area contributed by atoms with Gasteiger partial charge >= 0.3 is 36.8 Å². The van der Waals surface area contributed by atoms with Gasteiger partial charge in [0, 0.05) is 0 Å². The molecule has 0 aromatic carbocycles. The van der Waals surface area contributed by atoms with Gasteiger partial charge in [0.1, 0.15) is 0 Å². The van der Waals surface area contributed by atoms with Gasteiger partial charge in [-0.15, -0.1) is 0 Å². The van der Waals surface area contributed by atoms with Crippen LogP contribution < -0.4 is 0 Å². The molecule has 0 aliphatic carbocycles. The summed E-state index contributed by atoms with van der Waals surface area (Å²) in [6, 6.07) is 0. The van der Waals surface area contributed by atoms with Crippen molar-refractivity contribution in [3.63, 3.8) is 0 Å². The summed E-state index contributed by atoms with van der Waals surface area (Å²) < 4.78 is 7.81. The summed E-state index contributed by atoms with van der Waals surface area (Å²) in [5, 5.41) is 0. The van der Waals surface area contributed by atoms with E-state index in [9.17, 15) is 0 Å². The van der Waals surface area contributed by atoms with Crippen LogP contribution in [-0.4, -0.2) is 0 Å². The monoisotopic (exact) mass is 150 g/mol. The Morgan fingerprint density at radius 1 is 1.25 bits per heavy atom. The molecule has 4 heteroatoms. The van der Waals surface area contributed by atoms with Crippen LogP contribution in [0, 0.1) is 0 Å². The molecule has 0 atom stereocenters. The normalized spacial score (nSPS) is 1.50. The molecule has 0 saturated heterocycles. The fraction of sp³-hybridized carbons (Fsp3) is 0. The molecule has 0 rings (SSSR count). The van der Waals surface area contributed by atoms with Crippen molar-refractivity contribution in [1.29, 1.82) is 0 Å². The maximum absolute atomic E-state index is 7.81. The van der Waals surface area contributed by atoms with Gasteiger partial charge < -0.3 is 5.48 Å². The minimum absolute atomic E-state index is 0. The van der Waals surface area contributed by atoms with Gasteiger partial charge in [-0.2, -0.15) is 0 Å². The average molecular weight is 150 g/mol. The van der Waals surface area contributed by atoms with Crippen LogP contribution in [0.1, 0.15) is 0 Å². The van der Waals surface area contributed by atoms with Gasteiger partial charge in [0.15, 0.2) is 0 Å². The Morgan fingerprint density at radius 2 is 1.25 bits per heavy atom. The van der Waals surface area contributed by atoms with Gasteiger partial charge in [-0.3, -0.25) is 0 Å². The van der Waals surface area contributed by atoms with Crippen LogP contribution >= 0.6 is 0 Å². The maximum atomic E-state index is 7.81. The summed E-state index contributed by atoms with van der Waals surface area (Å²) >= 11 is 2.94. The van der Waals surface area contributed by atoms with Crippen LogP contribution in [0.3, 0.4) is 0 Å². The summed E-state index contributed by atoms with van der Waals surface area (Å²) in [6.07, 6.45) is 0. The summed E-state index contributed by atoms with van der Waals surface area (Å²) in [4.78, 5) is 0. The predicted molar refractivity (Wildman–Crippen MR) is 1.37 cm³/mol. The van der Waals surface area contributed by atoms with E-state index in [0.717, 1.165) is 0 Å². The molecule has 4 heavy (non-hydrogen) atoms. The molecule has 0 spiro atoms. The molecule has 1 radical (unpaired) electrons. The Bertz CT molecular complexity index is 6.00. The molecule has 0 heterocycles. The molecular weight excluding hydrogens is 150 g/mol. The van der Waals surface area contributed by atoms with Crippen molar-refractivity contribution < 1.29 is 42.3 Å². The Morgan fingerprint density at radius 3 is 1.25 bits per heavy atom. The van der Waals surface area contributed by atoms with Crippen LogP contribution in [0.2, 0.25) is 0 Å². The molecule has 0 fully saturated rings. The molecule has 0 N–H and O–H groups in total. The van der Waals surface area contributed by atoms with Gasteiger partial charge in [-0.25, -0.2) is 0 Å². The van der Waals surface area contributed by atoms with Crippen molar-refractivity contribution in [1.82, 2.24) is 0 Å². The van der Waals surface area contributed by atoms with E-state index >= 15 is 0 Å². The fourth-order valence-electron chi connectivity index (χ4n) is 0. The quantitative estimate of drug-likeness (QED) is 0.440. The topological polar surface area (TPSA) is 45.6 Å². The summed E-state index contributed by atoms with van der Waals surface area (Å²) in [5.41, 5.74) is 0. The van der Waals surface area contributed by atoms with Crippen molar-refractivity contribution in [2.45, 2.75) is 0 Å². The number of hydrogen-bond donors (Lipinski definition) is 0. The van der Waals surface area contributed by atoms with Gasteiger partial charge in [0.25, 0.3) is 0 Å². The third-order valence-corrected chi connectivity index (χ3v) is 0. The molecule has 0 aliphatic rings. The molecule has 0 aromatic rings. The van der Waals surface area contributed by atoms with Crippen molar-refractivity contribution >= 4 is 0 Å². The molecule has 0 amide bonds. The molecule has 2 nitrogen and oxygen atoms in total. The third-order valence-electron chi connectivity index (χ3n) is 0. The first-order chi connectivity index (χ1) is 1.00. The third kappa shape index (κ3) is 14.2. The van der Waals surface area contributed by atoms with E-state index in [0.29, 0.717) is 0 Å². The van der Waals surface area contributed by atoms with E-state index < -0.39 is 0 Å². The van der Waals surface area contributed by atoms with Crippen LogP contribution in [0.25, 0.3) is 0 Å². The van der Waals surface area contributed by atoms with Crippen molar-refractivity contribution in [3.8, 4) is 0 Å². The SMILES string of the molecule is [Mn+2].[O-2].[O]=[Cu]. The van der Waals surface area contributed by atoms with E-state index in [4.69, 9.17) is 3.83 Å². The molecule has 0 aromatic heterocycles. The van der Waals surface area contributed by atoms with E-state index in [-0.39, 0.29) is 22.5 Å². The first-order valence-corrected chi connectivity index (χ1v) is 0.508. The Balaban J connectivity index is -0.00000000500. The molecule has 0 aliphatic heterocycles. The Kier molecular flexibility index (Phi) is 249. The van der Waals surface area contributed by atoms with Crippen molar-refractivity contribution in [2.75, 3.05) is 0 Å². The summed E-state index contributed by atoms with van der Waals surface area (Å²) in [6.45, 7) is 0. The van der Waals surface area contributed by atoms with Gasteiger partial charge in [-0.05, 0) is 0 Å². The molecule has 0 saturated carbocycles. The van der Waals surface area contributed by atoms with Crippen LogP contribution in [0.15, 0.2) is 0 Å². The average Bonchev–Trinajstić information content (AvgIpc) is 1.00. The van der Waals surface area contributed by atoms with E-state index in [1.54, 1.807) is 0 Å². The Hall–Kier alpha value is 0.799. The first-order valence-electron chi connectivity index (χ1n) is 0.123. The van der Waals surface area contributed by atoms with E-state index in [2.05, 4.69) is 15.9 Å². The number of rotatable bonds is 0. The minimum atomic E-state index is 0. The van der Waals surface area contributed by atoms with Gasteiger partial charge in [0.2, 0.25) is 0 Å². The molecule has 0 unspecified atom stereocenters. The van der Waals surface area contributed by atoms with E-state index in [1.165, 1.54) is 0 Å².